The minimum absolute atomic E-state index is 0.0609. The second-order valence-corrected chi connectivity index (χ2v) is 7.61. The molecule has 2 aromatic heterocycles. The zero-order valence-corrected chi connectivity index (χ0v) is 16.0. The molecule has 0 saturated carbocycles. The first-order valence-electron chi connectivity index (χ1n) is 9.37. The second kappa shape index (κ2) is 7.61. The lowest BCUT2D eigenvalue weighted by molar-refractivity contribution is -0.123. The third kappa shape index (κ3) is 3.82. The Kier molecular flexibility index (Phi) is 5.46. The Morgan fingerprint density at radius 2 is 1.96 bits per heavy atom. The molecule has 2 aromatic rings. The predicted molar refractivity (Wildman–Crippen MR) is 99.6 cm³/mol. The minimum atomic E-state index is -0.233. The fourth-order valence-corrected chi connectivity index (χ4v) is 3.25. The van der Waals surface area contributed by atoms with Gasteiger partial charge >= 0.3 is 0 Å². The number of hydrogen-bond donors (Lipinski definition) is 1. The lowest BCUT2D eigenvalue weighted by Crippen LogP contribution is -2.42. The van der Waals surface area contributed by atoms with Gasteiger partial charge in [0, 0.05) is 31.4 Å². The molecule has 142 valence electrons. The summed E-state index contributed by atoms with van der Waals surface area (Å²) in [4.78, 5) is 25.3. The normalized spacial score (nSPS) is 15.9. The van der Waals surface area contributed by atoms with Gasteiger partial charge in [0.1, 0.15) is 17.9 Å². The van der Waals surface area contributed by atoms with E-state index in [1.54, 1.807) is 0 Å². The monoisotopic (exact) mass is 360 g/mol. The highest BCUT2D eigenvalue weighted by molar-refractivity contribution is 5.76. The van der Waals surface area contributed by atoms with Gasteiger partial charge in [-0.1, -0.05) is 27.7 Å². The Morgan fingerprint density at radius 1 is 1.27 bits per heavy atom. The summed E-state index contributed by atoms with van der Waals surface area (Å²) in [5.41, 5.74) is 1.44. The van der Waals surface area contributed by atoms with Gasteiger partial charge in [-0.25, -0.2) is 4.68 Å². The number of carbonyl (C=O) groups is 1. The predicted octanol–water partition coefficient (Wildman–Crippen LogP) is 2.04. The molecule has 3 heterocycles. The molecule has 0 spiro atoms. The number of hydrogen-bond acceptors (Lipinski definition) is 4. The molecule has 0 aliphatic carbocycles. The SMILES string of the molecule is CC(C)c1cc2c(=O)n(CC(=O)NC3CCOCC3)nc(C(C)C)n2c1. The van der Waals surface area contributed by atoms with Crippen LogP contribution in [0.4, 0.5) is 0 Å². The zero-order valence-electron chi connectivity index (χ0n) is 16.0. The maximum absolute atomic E-state index is 12.8. The molecule has 26 heavy (non-hydrogen) atoms. The topological polar surface area (TPSA) is 77.6 Å². The fraction of sp³-hybridized carbons (Fsp3) is 0.632. The maximum atomic E-state index is 12.8. The molecule has 7 nitrogen and oxygen atoms in total. The smallest absolute Gasteiger partial charge is 0.291 e. The summed E-state index contributed by atoms with van der Waals surface area (Å²) in [6.07, 6.45) is 3.60. The Hall–Kier alpha value is -2.15. The first-order valence-corrected chi connectivity index (χ1v) is 9.37. The summed E-state index contributed by atoms with van der Waals surface area (Å²) in [5.74, 6) is 1.06. The van der Waals surface area contributed by atoms with E-state index in [2.05, 4.69) is 24.3 Å². The number of ether oxygens (including phenoxy) is 1. The highest BCUT2D eigenvalue weighted by Gasteiger charge is 2.19. The van der Waals surface area contributed by atoms with Crippen molar-refractivity contribution in [3.8, 4) is 0 Å². The minimum Gasteiger partial charge on any atom is -0.381 e. The van der Waals surface area contributed by atoms with Crippen LogP contribution in [0.15, 0.2) is 17.1 Å². The van der Waals surface area contributed by atoms with E-state index in [1.807, 2.05) is 30.5 Å². The van der Waals surface area contributed by atoms with Gasteiger partial charge in [0.25, 0.3) is 5.56 Å². The first-order chi connectivity index (χ1) is 12.4. The largest absolute Gasteiger partial charge is 0.381 e. The third-order valence-corrected chi connectivity index (χ3v) is 4.83. The lowest BCUT2D eigenvalue weighted by Gasteiger charge is -2.23. The fourth-order valence-electron chi connectivity index (χ4n) is 3.25. The molecule has 1 aliphatic rings. The number of carbonyl (C=O) groups excluding carboxylic acids is 1. The molecule has 3 rings (SSSR count). The number of amides is 1. The first kappa shape index (κ1) is 18.6. The average Bonchev–Trinajstić information content (AvgIpc) is 3.04. The van der Waals surface area contributed by atoms with Gasteiger partial charge in [-0.3, -0.25) is 14.0 Å². The summed E-state index contributed by atoms with van der Waals surface area (Å²) < 4.78 is 8.47. The van der Waals surface area contributed by atoms with Crippen LogP contribution in [0.1, 0.15) is 63.8 Å². The molecular weight excluding hydrogens is 332 g/mol. The number of fused-ring (bicyclic) bond motifs is 1. The van der Waals surface area contributed by atoms with E-state index in [9.17, 15) is 9.59 Å². The van der Waals surface area contributed by atoms with Crippen molar-refractivity contribution in [1.82, 2.24) is 19.5 Å². The van der Waals surface area contributed by atoms with Gasteiger partial charge in [0.15, 0.2) is 0 Å². The molecule has 0 aromatic carbocycles. The number of nitrogens with zero attached hydrogens (tertiary/aromatic N) is 3. The van der Waals surface area contributed by atoms with Gasteiger partial charge in [-0.2, -0.15) is 5.10 Å². The van der Waals surface area contributed by atoms with Gasteiger partial charge in [-0.05, 0) is 30.4 Å². The molecule has 1 N–H and O–H groups in total. The molecule has 0 atom stereocenters. The highest BCUT2D eigenvalue weighted by atomic mass is 16.5. The van der Waals surface area contributed by atoms with Crippen LogP contribution in [0.5, 0.6) is 0 Å². The van der Waals surface area contributed by atoms with E-state index in [1.165, 1.54) is 4.68 Å². The van der Waals surface area contributed by atoms with E-state index >= 15 is 0 Å². The molecular formula is C19H28N4O3. The van der Waals surface area contributed by atoms with Crippen LogP contribution in [-0.2, 0) is 16.1 Å². The third-order valence-electron chi connectivity index (χ3n) is 4.83. The van der Waals surface area contributed by atoms with Crippen molar-refractivity contribution in [2.24, 2.45) is 0 Å². The van der Waals surface area contributed by atoms with E-state index in [0.29, 0.717) is 24.6 Å². The zero-order chi connectivity index (χ0) is 18.8. The van der Waals surface area contributed by atoms with Crippen LogP contribution in [0, 0.1) is 0 Å². The van der Waals surface area contributed by atoms with Gasteiger partial charge in [0.05, 0.1) is 0 Å². The van der Waals surface area contributed by atoms with Crippen LogP contribution >= 0.6 is 0 Å². The van der Waals surface area contributed by atoms with Gasteiger partial charge < -0.3 is 10.1 Å². The summed E-state index contributed by atoms with van der Waals surface area (Å²) in [5, 5.41) is 7.48. The maximum Gasteiger partial charge on any atom is 0.291 e. The van der Waals surface area contributed by atoms with Crippen LogP contribution in [0.2, 0.25) is 0 Å². The number of aromatic nitrogens is 3. The standard InChI is InChI=1S/C19H28N4O3/c1-12(2)14-9-16-19(25)23(21-18(13(3)4)22(16)10-14)11-17(24)20-15-5-7-26-8-6-15/h9-10,12-13,15H,5-8,11H2,1-4H3,(H,20,24). The Bertz CT molecular complexity index is 844. The molecule has 0 bridgehead atoms. The van der Waals surface area contributed by atoms with Crippen molar-refractivity contribution in [1.29, 1.82) is 0 Å². The van der Waals surface area contributed by atoms with Crippen molar-refractivity contribution in [3.63, 3.8) is 0 Å². The van der Waals surface area contributed by atoms with Crippen LogP contribution in [0.25, 0.3) is 5.52 Å². The van der Waals surface area contributed by atoms with E-state index in [4.69, 9.17) is 4.74 Å². The molecule has 0 unspecified atom stereocenters. The van der Waals surface area contributed by atoms with Crippen LogP contribution < -0.4 is 10.9 Å². The Balaban J connectivity index is 1.91. The van der Waals surface area contributed by atoms with Crippen molar-refractivity contribution in [2.75, 3.05) is 13.2 Å². The molecule has 1 fully saturated rings. The summed E-state index contributed by atoms with van der Waals surface area (Å²) in [6.45, 7) is 9.52. The van der Waals surface area contributed by atoms with Crippen molar-refractivity contribution in [3.05, 3.63) is 34.0 Å². The van der Waals surface area contributed by atoms with Gasteiger partial charge in [-0.15, -0.1) is 0 Å². The quantitative estimate of drug-likeness (QED) is 0.885. The summed E-state index contributed by atoms with van der Waals surface area (Å²) in [6, 6.07) is 2.02. The van der Waals surface area contributed by atoms with Crippen molar-refractivity contribution in [2.45, 2.75) is 65.0 Å². The Morgan fingerprint density at radius 3 is 2.58 bits per heavy atom. The average molecular weight is 360 g/mol. The molecule has 1 aliphatic heterocycles. The van der Waals surface area contributed by atoms with Crippen LogP contribution in [-0.4, -0.2) is 39.3 Å². The summed E-state index contributed by atoms with van der Waals surface area (Å²) in [7, 11) is 0. The Labute approximate surface area is 153 Å². The lowest BCUT2D eigenvalue weighted by atomic mass is 10.1. The van der Waals surface area contributed by atoms with Crippen LogP contribution in [0.3, 0.4) is 0 Å². The summed E-state index contributed by atoms with van der Waals surface area (Å²) >= 11 is 0. The number of nitrogens with one attached hydrogen (secondary N) is 1. The van der Waals surface area contributed by atoms with Crippen molar-refractivity contribution < 1.29 is 9.53 Å². The molecule has 1 saturated heterocycles. The van der Waals surface area contributed by atoms with Crippen molar-refractivity contribution >= 4 is 11.4 Å². The number of rotatable bonds is 5. The molecule has 0 radical (unpaired) electrons. The second-order valence-electron chi connectivity index (χ2n) is 7.61. The van der Waals surface area contributed by atoms with Gasteiger partial charge in [0.2, 0.25) is 5.91 Å². The van der Waals surface area contributed by atoms with E-state index in [-0.39, 0.29) is 30.0 Å². The molecule has 1 amide bonds. The van der Waals surface area contributed by atoms with E-state index < -0.39 is 0 Å². The molecule has 7 heteroatoms. The highest BCUT2D eigenvalue weighted by Crippen LogP contribution is 2.20. The van der Waals surface area contributed by atoms with E-state index in [0.717, 1.165) is 24.2 Å².